The molecule has 2 aromatic heterocycles. The van der Waals surface area contributed by atoms with Crippen molar-refractivity contribution in [1.29, 1.82) is 0 Å². The van der Waals surface area contributed by atoms with E-state index in [1.54, 1.807) is 6.20 Å². The number of anilines is 1. The molecule has 0 spiro atoms. The number of benzene rings is 1. The van der Waals surface area contributed by atoms with E-state index < -0.39 is 0 Å². The smallest absolute Gasteiger partial charge is 0.147 e. The number of hydrogen-bond donors (Lipinski definition) is 0. The molecule has 4 rings (SSSR count). The second-order valence-electron chi connectivity index (χ2n) is 6.35. The van der Waals surface area contributed by atoms with Crippen LogP contribution in [0.3, 0.4) is 0 Å². The average Bonchev–Trinajstić information content (AvgIpc) is 2.88. The minimum Gasteiger partial charge on any atom is -0.351 e. The molecule has 0 unspecified atom stereocenters. The lowest BCUT2D eigenvalue weighted by Crippen LogP contribution is -2.48. The number of aromatic nitrogens is 3. The maximum Gasteiger partial charge on any atom is 0.147 e. The average molecular weight is 327 g/mol. The fraction of sp³-hybridized carbons (Fsp3) is 0.333. The van der Waals surface area contributed by atoms with Crippen LogP contribution in [0.15, 0.2) is 42.6 Å². The van der Waals surface area contributed by atoms with E-state index >= 15 is 0 Å². The van der Waals surface area contributed by atoms with Gasteiger partial charge in [-0.1, -0.05) is 37.6 Å². The Kier molecular flexibility index (Phi) is 3.49. The predicted molar refractivity (Wildman–Crippen MR) is 94.3 cm³/mol. The molecule has 1 fully saturated rings. The summed E-state index contributed by atoms with van der Waals surface area (Å²) in [5, 5.41) is 0.713. The van der Waals surface area contributed by atoms with Crippen LogP contribution in [0, 0.1) is 0 Å². The molecule has 23 heavy (non-hydrogen) atoms. The Morgan fingerprint density at radius 3 is 2.65 bits per heavy atom. The van der Waals surface area contributed by atoms with Crippen molar-refractivity contribution in [2.45, 2.75) is 25.8 Å². The number of imidazole rings is 1. The summed E-state index contributed by atoms with van der Waals surface area (Å²) in [5.41, 5.74) is 2.29. The molecule has 1 saturated heterocycles. The normalized spacial score (nSPS) is 15.4. The number of para-hydroxylation sites is 2. The summed E-state index contributed by atoms with van der Waals surface area (Å²) in [6.07, 6.45) is 1.79. The zero-order chi connectivity index (χ0) is 16.0. The van der Waals surface area contributed by atoms with Crippen LogP contribution in [0.2, 0.25) is 5.02 Å². The van der Waals surface area contributed by atoms with Crippen LogP contribution in [0.4, 0.5) is 5.82 Å². The van der Waals surface area contributed by atoms with E-state index in [1.807, 2.05) is 18.2 Å². The van der Waals surface area contributed by atoms with Gasteiger partial charge >= 0.3 is 0 Å². The van der Waals surface area contributed by atoms with Gasteiger partial charge in [-0.2, -0.15) is 0 Å². The highest BCUT2D eigenvalue weighted by molar-refractivity contribution is 6.32. The molecular formula is C18H19ClN4. The molecule has 0 saturated carbocycles. The Bertz CT molecular complexity index is 849. The van der Waals surface area contributed by atoms with Crippen LogP contribution in [0.25, 0.3) is 11.0 Å². The Morgan fingerprint density at radius 1 is 1.13 bits per heavy atom. The molecule has 3 aromatic rings. The van der Waals surface area contributed by atoms with Crippen molar-refractivity contribution in [2.24, 2.45) is 0 Å². The number of halogens is 1. The minimum atomic E-state index is 0.398. The highest BCUT2D eigenvalue weighted by atomic mass is 35.5. The van der Waals surface area contributed by atoms with E-state index in [9.17, 15) is 0 Å². The second kappa shape index (κ2) is 5.53. The summed E-state index contributed by atoms with van der Waals surface area (Å²) in [6.45, 7) is 6.22. The zero-order valence-corrected chi connectivity index (χ0v) is 14.0. The fourth-order valence-corrected chi connectivity index (χ4v) is 3.50. The highest BCUT2D eigenvalue weighted by Gasteiger charge is 2.33. The summed E-state index contributed by atoms with van der Waals surface area (Å²) in [6, 6.07) is 12.5. The van der Waals surface area contributed by atoms with Gasteiger partial charge in [0.1, 0.15) is 11.6 Å². The highest BCUT2D eigenvalue weighted by Crippen LogP contribution is 2.35. The Labute approximate surface area is 140 Å². The van der Waals surface area contributed by atoms with Crippen molar-refractivity contribution in [1.82, 2.24) is 14.5 Å². The van der Waals surface area contributed by atoms with Gasteiger partial charge in [-0.25, -0.2) is 9.97 Å². The molecule has 0 aliphatic carbocycles. The van der Waals surface area contributed by atoms with Crippen molar-refractivity contribution in [3.8, 4) is 0 Å². The molecule has 118 valence electrons. The van der Waals surface area contributed by atoms with Crippen LogP contribution in [-0.2, 0) is 0 Å². The van der Waals surface area contributed by atoms with E-state index in [4.69, 9.17) is 16.6 Å². The first kappa shape index (κ1) is 14.5. The second-order valence-corrected chi connectivity index (χ2v) is 6.76. The third kappa shape index (κ3) is 2.38. The summed E-state index contributed by atoms with van der Waals surface area (Å²) >= 11 is 6.26. The summed E-state index contributed by atoms with van der Waals surface area (Å²) in [7, 11) is 0. The molecule has 0 amide bonds. The first-order valence-electron chi connectivity index (χ1n) is 7.97. The Hall–Kier alpha value is -2.07. The monoisotopic (exact) mass is 326 g/mol. The Morgan fingerprint density at radius 2 is 1.91 bits per heavy atom. The fourth-order valence-electron chi connectivity index (χ4n) is 3.26. The van der Waals surface area contributed by atoms with Crippen LogP contribution in [0.5, 0.6) is 0 Å². The zero-order valence-electron chi connectivity index (χ0n) is 13.3. The van der Waals surface area contributed by atoms with Gasteiger partial charge < -0.3 is 9.47 Å². The van der Waals surface area contributed by atoms with Crippen LogP contribution < -0.4 is 4.90 Å². The molecule has 1 aliphatic rings. The lowest BCUT2D eigenvalue weighted by atomic mass is 10.1. The van der Waals surface area contributed by atoms with Crippen LogP contribution >= 0.6 is 11.6 Å². The van der Waals surface area contributed by atoms with Gasteiger partial charge in [0.15, 0.2) is 0 Å². The van der Waals surface area contributed by atoms with Crippen molar-refractivity contribution < 1.29 is 0 Å². The van der Waals surface area contributed by atoms with Gasteiger partial charge in [-0.05, 0) is 24.3 Å². The summed E-state index contributed by atoms with van der Waals surface area (Å²) in [5.74, 6) is 2.43. The third-order valence-corrected chi connectivity index (χ3v) is 4.70. The number of nitrogens with zero attached hydrogens (tertiary/aromatic N) is 4. The molecule has 0 N–H and O–H groups in total. The van der Waals surface area contributed by atoms with Gasteiger partial charge in [0.2, 0.25) is 0 Å². The van der Waals surface area contributed by atoms with Gasteiger partial charge in [0.25, 0.3) is 0 Å². The molecule has 0 radical (unpaired) electrons. The molecule has 3 heterocycles. The summed E-state index contributed by atoms with van der Waals surface area (Å²) < 4.78 is 2.40. The molecule has 5 heteroatoms. The van der Waals surface area contributed by atoms with Gasteiger partial charge in [0, 0.05) is 25.2 Å². The molecule has 0 bridgehead atoms. The molecular weight excluding hydrogens is 308 g/mol. The van der Waals surface area contributed by atoms with Crippen molar-refractivity contribution in [2.75, 3.05) is 18.0 Å². The lowest BCUT2D eigenvalue weighted by molar-refractivity contribution is 0.390. The summed E-state index contributed by atoms with van der Waals surface area (Å²) in [4.78, 5) is 11.5. The minimum absolute atomic E-state index is 0.398. The first-order chi connectivity index (χ1) is 11.1. The maximum atomic E-state index is 6.26. The van der Waals surface area contributed by atoms with Crippen molar-refractivity contribution >= 4 is 28.5 Å². The maximum absolute atomic E-state index is 6.26. The van der Waals surface area contributed by atoms with Crippen LogP contribution in [-0.4, -0.2) is 27.6 Å². The van der Waals surface area contributed by atoms with E-state index in [2.05, 4.69) is 46.5 Å². The number of pyridine rings is 1. The third-order valence-electron chi connectivity index (χ3n) is 4.41. The number of hydrogen-bond acceptors (Lipinski definition) is 3. The lowest BCUT2D eigenvalue weighted by Gasteiger charge is -2.42. The van der Waals surface area contributed by atoms with Crippen molar-refractivity contribution in [3.05, 3.63) is 53.4 Å². The van der Waals surface area contributed by atoms with Gasteiger partial charge in [-0.15, -0.1) is 0 Å². The molecule has 4 nitrogen and oxygen atoms in total. The Balaban J connectivity index is 1.67. The standard InChI is InChI=1S/C18H19ClN4/c1-12(2)17-21-15-7-3-4-8-16(15)23(17)13-10-22(11-13)18-14(19)6-5-9-20-18/h3-9,12-13H,10-11H2,1-2H3. The van der Waals surface area contributed by atoms with E-state index in [0.717, 1.165) is 30.2 Å². The quantitative estimate of drug-likeness (QED) is 0.720. The molecule has 0 atom stereocenters. The molecule has 1 aliphatic heterocycles. The SMILES string of the molecule is CC(C)c1nc2ccccc2n1C1CN(c2ncccc2Cl)C1. The van der Waals surface area contributed by atoms with Crippen molar-refractivity contribution in [3.63, 3.8) is 0 Å². The van der Waals surface area contributed by atoms with E-state index in [0.29, 0.717) is 17.0 Å². The van der Waals surface area contributed by atoms with Crippen LogP contribution in [0.1, 0.15) is 31.6 Å². The number of fused-ring (bicyclic) bond motifs is 1. The largest absolute Gasteiger partial charge is 0.351 e. The molecule has 1 aromatic carbocycles. The predicted octanol–water partition coefficient (Wildman–Crippen LogP) is 4.27. The van der Waals surface area contributed by atoms with Gasteiger partial charge in [-0.3, -0.25) is 0 Å². The first-order valence-corrected chi connectivity index (χ1v) is 8.35. The topological polar surface area (TPSA) is 34.0 Å². The number of rotatable bonds is 3. The van der Waals surface area contributed by atoms with E-state index in [1.165, 1.54) is 5.52 Å². The van der Waals surface area contributed by atoms with Gasteiger partial charge in [0.05, 0.1) is 22.1 Å². The van der Waals surface area contributed by atoms with E-state index in [-0.39, 0.29) is 0 Å².